The molecule has 0 saturated heterocycles. The maximum atomic E-state index is 10.3. The zero-order chi connectivity index (χ0) is 9.26. The van der Waals surface area contributed by atoms with Crippen LogP contribution < -0.4 is 5.11 Å². The van der Waals surface area contributed by atoms with Crippen molar-refractivity contribution >= 4 is 17.3 Å². The van der Waals surface area contributed by atoms with E-state index in [1.54, 1.807) is 0 Å². The standard InChI is InChI=1S/C8H5NO3S/c10-8(11)6-4-5(9-12-6)7-2-1-3-13-7/h1-4H,(H,10,11)/p-1. The summed E-state index contributed by atoms with van der Waals surface area (Å²) in [6.07, 6.45) is 0. The van der Waals surface area contributed by atoms with Gasteiger partial charge in [-0.25, -0.2) is 0 Å². The van der Waals surface area contributed by atoms with Gasteiger partial charge < -0.3 is 14.4 Å². The first-order valence-electron chi connectivity index (χ1n) is 3.49. The summed E-state index contributed by atoms with van der Waals surface area (Å²) in [6, 6.07) is 5.04. The maximum Gasteiger partial charge on any atom is 0.182 e. The minimum atomic E-state index is -1.35. The first-order valence-corrected chi connectivity index (χ1v) is 4.37. The Balaban J connectivity index is 2.39. The number of hydrogen-bond donors (Lipinski definition) is 0. The summed E-state index contributed by atoms with van der Waals surface area (Å²) in [6.45, 7) is 0. The molecule has 0 bridgehead atoms. The molecule has 0 unspecified atom stereocenters. The average Bonchev–Trinajstić information content (AvgIpc) is 2.75. The average molecular weight is 194 g/mol. The number of nitrogens with zero attached hydrogens (tertiary/aromatic N) is 1. The Morgan fingerprint density at radius 1 is 1.62 bits per heavy atom. The second-order valence-corrected chi connectivity index (χ2v) is 3.29. The van der Waals surface area contributed by atoms with Gasteiger partial charge in [0, 0.05) is 6.07 Å². The van der Waals surface area contributed by atoms with E-state index in [4.69, 9.17) is 0 Å². The highest BCUT2D eigenvalue weighted by molar-refractivity contribution is 7.13. The van der Waals surface area contributed by atoms with E-state index in [1.807, 2.05) is 17.5 Å². The van der Waals surface area contributed by atoms with Crippen molar-refractivity contribution in [3.63, 3.8) is 0 Å². The lowest BCUT2D eigenvalue weighted by molar-refractivity contribution is -0.257. The molecule has 0 aliphatic rings. The van der Waals surface area contributed by atoms with Crippen LogP contribution in [-0.2, 0) is 0 Å². The van der Waals surface area contributed by atoms with Crippen LogP contribution in [0.15, 0.2) is 28.1 Å². The summed E-state index contributed by atoms with van der Waals surface area (Å²) < 4.78 is 4.54. The lowest BCUT2D eigenvalue weighted by atomic mass is 10.3. The van der Waals surface area contributed by atoms with Crippen molar-refractivity contribution in [3.05, 3.63) is 29.3 Å². The van der Waals surface area contributed by atoms with E-state index in [-0.39, 0.29) is 5.76 Å². The topological polar surface area (TPSA) is 66.2 Å². The minimum Gasteiger partial charge on any atom is -0.541 e. The Labute approximate surface area is 77.4 Å². The van der Waals surface area contributed by atoms with E-state index >= 15 is 0 Å². The number of aromatic carboxylic acids is 1. The van der Waals surface area contributed by atoms with Gasteiger partial charge in [-0.3, -0.25) is 0 Å². The van der Waals surface area contributed by atoms with E-state index < -0.39 is 5.97 Å². The van der Waals surface area contributed by atoms with E-state index in [0.717, 1.165) is 4.88 Å². The lowest BCUT2D eigenvalue weighted by Crippen LogP contribution is -2.21. The summed E-state index contributed by atoms with van der Waals surface area (Å²) in [5.41, 5.74) is 0.522. The van der Waals surface area contributed by atoms with E-state index in [1.165, 1.54) is 17.4 Å². The lowest BCUT2D eigenvalue weighted by Gasteiger charge is -1.89. The van der Waals surface area contributed by atoms with E-state index in [2.05, 4.69) is 9.68 Å². The molecule has 0 saturated carbocycles. The Morgan fingerprint density at radius 3 is 3.00 bits per heavy atom. The first-order chi connectivity index (χ1) is 6.27. The van der Waals surface area contributed by atoms with Gasteiger partial charge in [-0.05, 0) is 11.4 Å². The Hall–Kier alpha value is -1.62. The number of carboxylic acid groups (broad SMARTS) is 1. The fourth-order valence-electron chi connectivity index (χ4n) is 0.912. The van der Waals surface area contributed by atoms with Crippen LogP contribution in [0.2, 0.25) is 0 Å². The molecular weight excluding hydrogens is 190 g/mol. The third-order valence-electron chi connectivity index (χ3n) is 1.48. The largest absolute Gasteiger partial charge is 0.541 e. The number of carboxylic acids is 1. The number of aromatic nitrogens is 1. The summed E-state index contributed by atoms with van der Waals surface area (Å²) in [5.74, 6) is -1.60. The highest BCUT2D eigenvalue weighted by atomic mass is 32.1. The van der Waals surface area contributed by atoms with Crippen molar-refractivity contribution in [1.82, 2.24) is 5.16 Å². The predicted molar refractivity (Wildman–Crippen MR) is 44.1 cm³/mol. The molecule has 0 radical (unpaired) electrons. The Kier molecular flexibility index (Phi) is 1.86. The molecule has 2 rings (SSSR count). The van der Waals surface area contributed by atoms with Crippen LogP contribution in [0.5, 0.6) is 0 Å². The molecule has 66 valence electrons. The summed E-state index contributed by atoms with van der Waals surface area (Å²) in [5, 5.41) is 15.8. The molecule has 0 aliphatic carbocycles. The summed E-state index contributed by atoms with van der Waals surface area (Å²) in [7, 11) is 0. The SMILES string of the molecule is O=C([O-])c1cc(-c2cccs2)no1. The van der Waals surface area contributed by atoms with Crippen molar-refractivity contribution in [1.29, 1.82) is 0 Å². The molecule has 0 amide bonds. The van der Waals surface area contributed by atoms with Gasteiger partial charge in [0.25, 0.3) is 0 Å². The molecule has 0 N–H and O–H groups in total. The fourth-order valence-corrected chi connectivity index (χ4v) is 1.59. The van der Waals surface area contributed by atoms with Crippen LogP contribution in [0.3, 0.4) is 0 Å². The van der Waals surface area contributed by atoms with Crippen LogP contribution in [0.4, 0.5) is 0 Å². The quantitative estimate of drug-likeness (QED) is 0.708. The van der Waals surface area contributed by atoms with Gasteiger partial charge in [-0.2, -0.15) is 0 Å². The number of rotatable bonds is 2. The fraction of sp³-hybridized carbons (Fsp3) is 0. The Morgan fingerprint density at radius 2 is 2.46 bits per heavy atom. The molecule has 2 aromatic rings. The molecule has 2 heterocycles. The van der Waals surface area contributed by atoms with Crippen molar-refractivity contribution < 1.29 is 14.4 Å². The third-order valence-corrected chi connectivity index (χ3v) is 2.38. The monoisotopic (exact) mass is 194 g/mol. The molecule has 0 aliphatic heterocycles. The zero-order valence-electron chi connectivity index (χ0n) is 6.39. The molecule has 2 aromatic heterocycles. The van der Waals surface area contributed by atoms with Crippen LogP contribution in [0.25, 0.3) is 10.6 Å². The molecule has 0 atom stereocenters. The first kappa shape index (κ1) is 8.00. The third kappa shape index (κ3) is 1.46. The van der Waals surface area contributed by atoms with Crippen LogP contribution in [0, 0.1) is 0 Å². The normalized spacial score (nSPS) is 10.2. The van der Waals surface area contributed by atoms with Crippen molar-refractivity contribution in [2.75, 3.05) is 0 Å². The van der Waals surface area contributed by atoms with Gasteiger partial charge in [-0.15, -0.1) is 11.3 Å². The van der Waals surface area contributed by atoms with Crippen LogP contribution in [-0.4, -0.2) is 11.1 Å². The molecular formula is C8H4NO3S-. The molecule has 13 heavy (non-hydrogen) atoms. The summed E-state index contributed by atoms with van der Waals surface area (Å²) in [4.78, 5) is 11.2. The second-order valence-electron chi connectivity index (χ2n) is 2.34. The highest BCUT2D eigenvalue weighted by Crippen LogP contribution is 2.23. The zero-order valence-corrected chi connectivity index (χ0v) is 7.21. The smallest absolute Gasteiger partial charge is 0.182 e. The minimum absolute atomic E-state index is 0.247. The molecule has 4 nitrogen and oxygen atoms in total. The van der Waals surface area contributed by atoms with Gasteiger partial charge in [0.2, 0.25) is 0 Å². The van der Waals surface area contributed by atoms with E-state index in [9.17, 15) is 9.90 Å². The number of carbonyl (C=O) groups is 1. The van der Waals surface area contributed by atoms with Crippen LogP contribution >= 0.6 is 11.3 Å². The van der Waals surface area contributed by atoms with Crippen molar-refractivity contribution in [2.24, 2.45) is 0 Å². The number of hydrogen-bond acceptors (Lipinski definition) is 5. The van der Waals surface area contributed by atoms with Gasteiger partial charge in [0.15, 0.2) is 5.76 Å². The number of carbonyl (C=O) groups excluding carboxylic acids is 1. The molecule has 0 spiro atoms. The van der Waals surface area contributed by atoms with Gasteiger partial charge in [0.1, 0.15) is 11.7 Å². The second kappa shape index (κ2) is 3.02. The van der Waals surface area contributed by atoms with Crippen LogP contribution in [0.1, 0.15) is 10.6 Å². The maximum absolute atomic E-state index is 10.3. The molecule has 0 fully saturated rings. The van der Waals surface area contributed by atoms with Crippen molar-refractivity contribution in [2.45, 2.75) is 0 Å². The van der Waals surface area contributed by atoms with E-state index in [0.29, 0.717) is 5.69 Å². The summed E-state index contributed by atoms with van der Waals surface area (Å²) >= 11 is 1.47. The van der Waals surface area contributed by atoms with Crippen molar-refractivity contribution in [3.8, 4) is 10.6 Å². The van der Waals surface area contributed by atoms with Gasteiger partial charge in [0.05, 0.1) is 4.88 Å². The highest BCUT2D eigenvalue weighted by Gasteiger charge is 2.06. The molecule has 0 aromatic carbocycles. The predicted octanol–water partition coefficient (Wildman–Crippen LogP) is 0.767. The Bertz CT molecular complexity index is 418. The van der Waals surface area contributed by atoms with Gasteiger partial charge >= 0.3 is 0 Å². The number of thiophene rings is 1. The molecule has 5 heteroatoms. The van der Waals surface area contributed by atoms with Gasteiger partial charge in [-0.1, -0.05) is 11.2 Å².